The Morgan fingerprint density at radius 2 is 2.30 bits per heavy atom. The zero-order valence-electron chi connectivity index (χ0n) is 6.37. The van der Waals surface area contributed by atoms with Crippen molar-refractivity contribution in [3.05, 3.63) is 0 Å². The number of alkyl halides is 2. The summed E-state index contributed by atoms with van der Waals surface area (Å²) in [6.07, 6.45) is 1.54. The molecular formula is C8H14F2. The van der Waals surface area contributed by atoms with Gasteiger partial charge in [-0.05, 0) is 25.7 Å². The molecule has 2 unspecified atom stereocenters. The Bertz CT molecular complexity index is 114. The molecule has 10 heavy (non-hydrogen) atoms. The lowest BCUT2D eigenvalue weighted by Gasteiger charge is -2.30. The van der Waals surface area contributed by atoms with E-state index in [2.05, 4.69) is 0 Å². The van der Waals surface area contributed by atoms with Gasteiger partial charge in [0, 0.05) is 6.42 Å². The van der Waals surface area contributed by atoms with Gasteiger partial charge in [-0.3, -0.25) is 0 Å². The van der Waals surface area contributed by atoms with Crippen LogP contribution in [0.3, 0.4) is 0 Å². The minimum absolute atomic E-state index is 0.128. The summed E-state index contributed by atoms with van der Waals surface area (Å²) < 4.78 is 25.9. The van der Waals surface area contributed by atoms with E-state index in [9.17, 15) is 8.78 Å². The van der Waals surface area contributed by atoms with Gasteiger partial charge in [0.25, 0.3) is 0 Å². The quantitative estimate of drug-likeness (QED) is 0.536. The number of rotatable bonds is 1. The Balaban J connectivity index is 2.45. The lowest BCUT2D eigenvalue weighted by Crippen LogP contribution is -2.30. The zero-order chi connectivity index (χ0) is 7.61. The van der Waals surface area contributed by atoms with E-state index in [1.54, 1.807) is 6.92 Å². The predicted molar refractivity (Wildman–Crippen MR) is 37.5 cm³/mol. The molecule has 0 radical (unpaired) electrons. The molecule has 0 aromatic heterocycles. The van der Waals surface area contributed by atoms with Crippen LogP contribution in [0.1, 0.15) is 39.0 Å². The molecular weight excluding hydrogens is 134 g/mol. The Labute approximate surface area is 60.6 Å². The highest BCUT2D eigenvalue weighted by atomic mass is 19.2. The van der Waals surface area contributed by atoms with E-state index in [1.807, 2.05) is 0 Å². The van der Waals surface area contributed by atoms with Crippen molar-refractivity contribution in [2.45, 2.75) is 50.9 Å². The smallest absolute Gasteiger partial charge is 0.113 e. The van der Waals surface area contributed by atoms with E-state index in [0.717, 1.165) is 0 Å². The molecule has 0 saturated heterocycles. The van der Waals surface area contributed by atoms with Gasteiger partial charge < -0.3 is 0 Å². The van der Waals surface area contributed by atoms with Crippen molar-refractivity contribution in [3.8, 4) is 0 Å². The van der Waals surface area contributed by atoms with E-state index >= 15 is 0 Å². The minimum Gasteiger partial charge on any atom is -0.247 e. The van der Waals surface area contributed by atoms with E-state index in [1.165, 1.54) is 0 Å². The Hall–Kier alpha value is -0.140. The third-order valence-corrected chi connectivity index (χ3v) is 2.36. The highest BCUT2D eigenvalue weighted by molar-refractivity contribution is 4.85. The summed E-state index contributed by atoms with van der Waals surface area (Å²) >= 11 is 0. The molecule has 0 aromatic rings. The maximum atomic E-state index is 13.3. The van der Waals surface area contributed by atoms with Gasteiger partial charge in [-0.15, -0.1) is 0 Å². The first-order valence-electron chi connectivity index (χ1n) is 3.99. The van der Waals surface area contributed by atoms with Gasteiger partial charge in [0.05, 0.1) is 0 Å². The SMILES string of the molecule is CCC1(F)CCCC(F)C1. The number of halogens is 2. The molecule has 1 saturated carbocycles. The summed E-state index contributed by atoms with van der Waals surface area (Å²) in [5.74, 6) is 0. The van der Waals surface area contributed by atoms with Gasteiger partial charge in [-0.1, -0.05) is 6.92 Å². The normalized spacial score (nSPS) is 41.7. The summed E-state index contributed by atoms with van der Waals surface area (Å²) in [5, 5.41) is 0. The van der Waals surface area contributed by atoms with Gasteiger partial charge in [-0.25, -0.2) is 8.78 Å². The maximum absolute atomic E-state index is 13.3. The molecule has 0 heterocycles. The van der Waals surface area contributed by atoms with Crippen molar-refractivity contribution in [2.75, 3.05) is 0 Å². The van der Waals surface area contributed by atoms with Gasteiger partial charge in [0.1, 0.15) is 11.8 Å². The van der Waals surface area contributed by atoms with Crippen molar-refractivity contribution >= 4 is 0 Å². The van der Waals surface area contributed by atoms with Crippen LogP contribution in [0.5, 0.6) is 0 Å². The first-order chi connectivity index (χ1) is 4.66. The third-order valence-electron chi connectivity index (χ3n) is 2.36. The van der Waals surface area contributed by atoms with Crippen LogP contribution >= 0.6 is 0 Å². The molecule has 0 aromatic carbocycles. The molecule has 0 nitrogen and oxygen atoms in total. The molecule has 0 bridgehead atoms. The average molecular weight is 148 g/mol. The van der Waals surface area contributed by atoms with Crippen LogP contribution in [0.2, 0.25) is 0 Å². The largest absolute Gasteiger partial charge is 0.247 e. The summed E-state index contributed by atoms with van der Waals surface area (Å²) in [4.78, 5) is 0. The van der Waals surface area contributed by atoms with Gasteiger partial charge in [0.2, 0.25) is 0 Å². The first kappa shape index (κ1) is 7.96. The Morgan fingerprint density at radius 3 is 2.70 bits per heavy atom. The third kappa shape index (κ3) is 1.68. The standard InChI is InChI=1S/C8H14F2/c1-2-8(10)5-3-4-7(9)6-8/h7H,2-6H2,1H3. The zero-order valence-corrected chi connectivity index (χ0v) is 6.37. The number of hydrogen-bond acceptors (Lipinski definition) is 0. The summed E-state index contributed by atoms with van der Waals surface area (Å²) in [5.41, 5.74) is -1.18. The van der Waals surface area contributed by atoms with Crippen molar-refractivity contribution in [1.29, 1.82) is 0 Å². The van der Waals surface area contributed by atoms with Crippen LogP contribution in [0.15, 0.2) is 0 Å². The van der Waals surface area contributed by atoms with Crippen molar-refractivity contribution in [2.24, 2.45) is 0 Å². The molecule has 1 fully saturated rings. The van der Waals surface area contributed by atoms with Crippen molar-refractivity contribution in [1.82, 2.24) is 0 Å². The predicted octanol–water partition coefficient (Wildman–Crippen LogP) is 3.02. The van der Waals surface area contributed by atoms with Gasteiger partial charge >= 0.3 is 0 Å². The fourth-order valence-electron chi connectivity index (χ4n) is 1.56. The van der Waals surface area contributed by atoms with Crippen molar-refractivity contribution in [3.63, 3.8) is 0 Å². The molecule has 1 aliphatic rings. The van der Waals surface area contributed by atoms with Crippen LogP contribution < -0.4 is 0 Å². The van der Waals surface area contributed by atoms with Crippen LogP contribution in [0.4, 0.5) is 8.78 Å². The van der Waals surface area contributed by atoms with Crippen LogP contribution in [-0.4, -0.2) is 11.8 Å². The fraction of sp³-hybridized carbons (Fsp3) is 1.00. The maximum Gasteiger partial charge on any atom is 0.113 e. The second-order valence-electron chi connectivity index (χ2n) is 3.20. The van der Waals surface area contributed by atoms with E-state index < -0.39 is 11.8 Å². The fourth-order valence-corrected chi connectivity index (χ4v) is 1.56. The molecule has 2 atom stereocenters. The van der Waals surface area contributed by atoms with Crippen LogP contribution in [-0.2, 0) is 0 Å². The number of hydrogen-bond donors (Lipinski definition) is 0. The van der Waals surface area contributed by atoms with E-state index in [4.69, 9.17) is 0 Å². The Morgan fingerprint density at radius 1 is 1.60 bits per heavy atom. The lowest BCUT2D eigenvalue weighted by molar-refractivity contribution is 0.0550. The van der Waals surface area contributed by atoms with Gasteiger partial charge in [-0.2, -0.15) is 0 Å². The Kier molecular flexibility index (Phi) is 2.27. The highest BCUT2D eigenvalue weighted by Crippen LogP contribution is 2.35. The molecule has 1 rings (SSSR count). The minimum atomic E-state index is -1.18. The highest BCUT2D eigenvalue weighted by Gasteiger charge is 2.34. The average Bonchev–Trinajstić information content (AvgIpc) is 1.88. The second-order valence-corrected chi connectivity index (χ2v) is 3.20. The van der Waals surface area contributed by atoms with E-state index in [-0.39, 0.29) is 6.42 Å². The van der Waals surface area contributed by atoms with Crippen molar-refractivity contribution < 1.29 is 8.78 Å². The molecule has 0 N–H and O–H groups in total. The topological polar surface area (TPSA) is 0 Å². The lowest BCUT2D eigenvalue weighted by atomic mass is 9.83. The molecule has 0 spiro atoms. The summed E-state index contributed by atoms with van der Waals surface area (Å²) in [7, 11) is 0. The second kappa shape index (κ2) is 2.85. The van der Waals surface area contributed by atoms with E-state index in [0.29, 0.717) is 25.7 Å². The van der Waals surface area contributed by atoms with Crippen LogP contribution in [0.25, 0.3) is 0 Å². The van der Waals surface area contributed by atoms with Gasteiger partial charge in [0.15, 0.2) is 0 Å². The van der Waals surface area contributed by atoms with Crippen LogP contribution in [0, 0.1) is 0 Å². The summed E-state index contributed by atoms with van der Waals surface area (Å²) in [6, 6.07) is 0. The molecule has 2 heteroatoms. The summed E-state index contributed by atoms with van der Waals surface area (Å²) in [6.45, 7) is 1.79. The monoisotopic (exact) mass is 148 g/mol. The molecule has 0 aliphatic heterocycles. The first-order valence-corrected chi connectivity index (χ1v) is 3.99. The molecule has 0 amide bonds. The molecule has 1 aliphatic carbocycles. The molecule has 60 valence electrons.